The van der Waals surface area contributed by atoms with E-state index in [0.29, 0.717) is 38.0 Å². The molecule has 0 radical (unpaired) electrons. The number of rotatable bonds is 13. The molecule has 46 heavy (non-hydrogen) atoms. The zero-order valence-electron chi connectivity index (χ0n) is 26.5. The second-order valence-electron chi connectivity index (χ2n) is 12.7. The maximum absolute atomic E-state index is 15.1. The molecule has 2 unspecified atom stereocenters. The van der Waals surface area contributed by atoms with Gasteiger partial charge in [0.15, 0.2) is 0 Å². The predicted molar refractivity (Wildman–Crippen MR) is 179 cm³/mol. The maximum atomic E-state index is 15.1. The lowest BCUT2D eigenvalue weighted by Crippen LogP contribution is -2.59. The fourth-order valence-corrected chi connectivity index (χ4v) is 8.05. The van der Waals surface area contributed by atoms with Crippen molar-refractivity contribution in [2.24, 2.45) is 11.8 Å². The van der Waals surface area contributed by atoms with E-state index in [1.54, 1.807) is 26.9 Å². The van der Waals surface area contributed by atoms with Crippen LogP contribution in [-0.2, 0) is 25.5 Å². The molecule has 0 saturated carbocycles. The lowest BCUT2D eigenvalue weighted by molar-refractivity contribution is -0.147. The van der Waals surface area contributed by atoms with Gasteiger partial charge in [0.05, 0.1) is 30.6 Å². The van der Waals surface area contributed by atoms with E-state index >= 15 is 4.79 Å². The van der Waals surface area contributed by atoms with Gasteiger partial charge in [-0.05, 0) is 54.2 Å². The van der Waals surface area contributed by atoms with E-state index in [2.05, 4.69) is 13.2 Å². The van der Waals surface area contributed by atoms with Gasteiger partial charge in [0.2, 0.25) is 11.8 Å². The first-order chi connectivity index (χ1) is 22.4. The molecule has 0 aromatic heterocycles. The number of nitrogens with zero attached hydrogens (tertiary/aromatic N) is 3. The summed E-state index contributed by atoms with van der Waals surface area (Å²) in [5, 5.41) is 12.8. The minimum Gasteiger partial charge on any atom is -0.394 e. The van der Waals surface area contributed by atoms with Crippen LogP contribution in [-0.4, -0.2) is 82.7 Å². The number of hydrogen-bond donors (Lipinski definition) is 1. The van der Waals surface area contributed by atoms with Gasteiger partial charge in [-0.1, -0.05) is 79.7 Å². The number of aliphatic hydroxyl groups is 1. The second-order valence-corrected chi connectivity index (χ2v) is 12.7. The van der Waals surface area contributed by atoms with Crippen LogP contribution in [0.25, 0.3) is 10.8 Å². The predicted octanol–water partition coefficient (Wildman–Crippen LogP) is 4.76. The molecular formula is C38H43N3O5. The standard InChI is InChI=1S/C38H43N3O5/c1-4-20-39(21-5-2)35(43)32-31-18-19-38(46-31)33(32)36(44)41(30(25-42)23-26-12-8-7-9-13-26)34(38)37(45)40(22-6-3)29-17-16-27-14-10-11-15-28(27)24-29/h4,6-17,24,30-34,42H,1,3,5,18-23,25H2,2H3/t30-,31-,32+,33+,34?,38?/m1/s1. The number of amides is 3. The van der Waals surface area contributed by atoms with E-state index < -0.39 is 35.6 Å². The topological polar surface area (TPSA) is 90.4 Å². The number of aliphatic hydroxyl groups excluding tert-OH is 1. The fraction of sp³-hybridized carbons (Fsp3) is 0.395. The third-order valence-electron chi connectivity index (χ3n) is 9.95. The Labute approximate surface area is 270 Å². The van der Waals surface area contributed by atoms with E-state index in [9.17, 15) is 14.7 Å². The average Bonchev–Trinajstić information content (AvgIpc) is 3.73. The summed E-state index contributed by atoms with van der Waals surface area (Å²) in [6.07, 6.45) is 5.08. The maximum Gasteiger partial charge on any atom is 0.253 e. The van der Waals surface area contributed by atoms with Gasteiger partial charge in [-0.3, -0.25) is 14.4 Å². The molecule has 0 aliphatic carbocycles. The Morgan fingerprint density at radius 3 is 2.43 bits per heavy atom. The molecule has 3 aliphatic heterocycles. The van der Waals surface area contributed by atoms with Crippen molar-refractivity contribution in [2.45, 2.75) is 56.4 Å². The molecule has 1 spiro atoms. The number of likely N-dealkylation sites (tertiary alicyclic amines) is 1. The third-order valence-corrected chi connectivity index (χ3v) is 9.95. The molecule has 2 bridgehead atoms. The molecule has 3 fully saturated rings. The van der Waals surface area contributed by atoms with Gasteiger partial charge >= 0.3 is 0 Å². The fourth-order valence-electron chi connectivity index (χ4n) is 8.05. The van der Waals surface area contributed by atoms with Gasteiger partial charge in [-0.2, -0.15) is 0 Å². The number of ether oxygens (including phenoxy) is 1. The molecule has 8 nitrogen and oxygen atoms in total. The van der Waals surface area contributed by atoms with Crippen LogP contribution in [0.5, 0.6) is 0 Å². The molecule has 3 aromatic rings. The largest absolute Gasteiger partial charge is 0.394 e. The minimum absolute atomic E-state index is 0.138. The number of fused-ring (bicyclic) bond motifs is 2. The molecule has 3 amide bonds. The van der Waals surface area contributed by atoms with E-state index in [1.807, 2.05) is 79.7 Å². The van der Waals surface area contributed by atoms with Crippen molar-refractivity contribution in [3.63, 3.8) is 0 Å². The third kappa shape index (κ3) is 5.33. The van der Waals surface area contributed by atoms with Gasteiger partial charge in [0.1, 0.15) is 11.6 Å². The molecule has 6 atom stereocenters. The Morgan fingerprint density at radius 1 is 1.02 bits per heavy atom. The first-order valence-electron chi connectivity index (χ1n) is 16.3. The normalized spacial score (nSPS) is 25.3. The Kier molecular flexibility index (Phi) is 9.11. The highest BCUT2D eigenvalue weighted by Crippen LogP contribution is 2.59. The van der Waals surface area contributed by atoms with Gasteiger partial charge < -0.3 is 24.5 Å². The summed E-state index contributed by atoms with van der Waals surface area (Å²) in [5.74, 6) is -2.29. The molecule has 3 aromatic carbocycles. The van der Waals surface area contributed by atoms with Crippen molar-refractivity contribution in [1.82, 2.24) is 9.80 Å². The number of carbonyl (C=O) groups excluding carboxylic acids is 3. The highest BCUT2D eigenvalue weighted by Gasteiger charge is 2.75. The van der Waals surface area contributed by atoms with Crippen molar-refractivity contribution in [3.8, 4) is 0 Å². The molecule has 3 heterocycles. The van der Waals surface area contributed by atoms with Crippen LogP contribution >= 0.6 is 0 Å². The summed E-state index contributed by atoms with van der Waals surface area (Å²) in [7, 11) is 0. The van der Waals surface area contributed by atoms with Crippen molar-refractivity contribution >= 4 is 34.2 Å². The van der Waals surface area contributed by atoms with Crippen LogP contribution in [0, 0.1) is 11.8 Å². The van der Waals surface area contributed by atoms with Crippen molar-refractivity contribution < 1.29 is 24.2 Å². The highest BCUT2D eigenvalue weighted by molar-refractivity contribution is 6.06. The average molecular weight is 622 g/mol. The van der Waals surface area contributed by atoms with Gasteiger partial charge in [0, 0.05) is 25.3 Å². The van der Waals surface area contributed by atoms with E-state index in [1.165, 1.54) is 0 Å². The molecule has 6 rings (SSSR count). The second kappa shape index (κ2) is 13.2. The van der Waals surface area contributed by atoms with Crippen LogP contribution in [0.1, 0.15) is 31.7 Å². The lowest BCUT2D eigenvalue weighted by atomic mass is 9.70. The van der Waals surface area contributed by atoms with Crippen LogP contribution in [0.15, 0.2) is 98.1 Å². The van der Waals surface area contributed by atoms with E-state index in [-0.39, 0.29) is 30.9 Å². The van der Waals surface area contributed by atoms with E-state index in [4.69, 9.17) is 4.74 Å². The first-order valence-corrected chi connectivity index (χ1v) is 16.3. The lowest BCUT2D eigenvalue weighted by Gasteiger charge is -2.39. The Bertz CT molecular complexity index is 1620. The molecule has 3 saturated heterocycles. The van der Waals surface area contributed by atoms with Gasteiger partial charge in [0.25, 0.3) is 5.91 Å². The Hall–Kier alpha value is -4.27. The van der Waals surface area contributed by atoms with Crippen LogP contribution in [0.2, 0.25) is 0 Å². The van der Waals surface area contributed by atoms with Crippen LogP contribution in [0.4, 0.5) is 5.69 Å². The number of hydrogen-bond acceptors (Lipinski definition) is 5. The Balaban J connectivity index is 1.45. The number of anilines is 1. The summed E-state index contributed by atoms with van der Waals surface area (Å²) >= 11 is 0. The smallest absolute Gasteiger partial charge is 0.253 e. The van der Waals surface area contributed by atoms with E-state index in [0.717, 1.165) is 22.8 Å². The van der Waals surface area contributed by atoms with Crippen molar-refractivity contribution in [1.29, 1.82) is 0 Å². The molecule has 1 N–H and O–H groups in total. The minimum atomic E-state index is -1.19. The summed E-state index contributed by atoms with van der Waals surface area (Å²) in [4.78, 5) is 49.0. The zero-order valence-corrected chi connectivity index (χ0v) is 26.5. The zero-order chi connectivity index (χ0) is 32.4. The SMILES string of the molecule is C=CCN(CCC)C(=O)[C@@H]1[C@H]2C(=O)N([C@@H](CO)Cc3ccccc3)C(C(=O)N(CC=C)c3ccc4ccccc4c3)C23CC[C@H]1O3. The Morgan fingerprint density at radius 2 is 1.74 bits per heavy atom. The molecular weight excluding hydrogens is 578 g/mol. The summed E-state index contributed by atoms with van der Waals surface area (Å²) in [5.41, 5.74) is 0.427. The molecule has 240 valence electrons. The van der Waals surface area contributed by atoms with Crippen LogP contribution in [0.3, 0.4) is 0 Å². The molecule has 8 heteroatoms. The monoisotopic (exact) mass is 621 g/mol. The quantitative estimate of drug-likeness (QED) is 0.278. The summed E-state index contributed by atoms with van der Waals surface area (Å²) in [6, 6.07) is 21.7. The number of carbonyl (C=O) groups is 3. The number of benzene rings is 3. The summed E-state index contributed by atoms with van der Waals surface area (Å²) in [6.45, 7) is 10.6. The van der Waals surface area contributed by atoms with Crippen molar-refractivity contribution in [3.05, 3.63) is 104 Å². The molecule has 3 aliphatic rings. The van der Waals surface area contributed by atoms with Gasteiger partial charge in [-0.15, -0.1) is 13.2 Å². The summed E-state index contributed by atoms with van der Waals surface area (Å²) < 4.78 is 6.75. The van der Waals surface area contributed by atoms with Crippen LogP contribution < -0.4 is 4.90 Å². The highest BCUT2D eigenvalue weighted by atomic mass is 16.5. The van der Waals surface area contributed by atoms with Gasteiger partial charge in [-0.25, -0.2) is 0 Å². The first kappa shape index (κ1) is 31.7. The van der Waals surface area contributed by atoms with Crippen molar-refractivity contribution in [2.75, 3.05) is 31.1 Å².